The Bertz CT molecular complexity index is 665. The van der Waals surface area contributed by atoms with Crippen LogP contribution in [0.15, 0.2) is 0 Å². The molecule has 4 rings (SSSR count). The normalized spacial score (nSPS) is 32.7. The Morgan fingerprint density at radius 3 is 2.48 bits per heavy atom. The third-order valence-corrected chi connectivity index (χ3v) is 7.82. The lowest BCUT2D eigenvalue weighted by molar-refractivity contribution is -0.139. The Balaban J connectivity index is 1.27. The second-order valence-corrected chi connectivity index (χ2v) is 9.94. The summed E-state index contributed by atoms with van der Waals surface area (Å²) in [4.78, 5) is 39.5. The zero-order valence-electron chi connectivity index (χ0n) is 18.3. The molecule has 31 heavy (non-hydrogen) atoms. The molecule has 4 aliphatic rings. The van der Waals surface area contributed by atoms with Crippen molar-refractivity contribution in [3.8, 4) is 0 Å². The third kappa shape index (κ3) is 5.04. The first-order valence-electron chi connectivity index (χ1n) is 11.8. The number of carboxylic acid groups (broad SMARTS) is 1. The molecule has 2 amide bonds. The van der Waals surface area contributed by atoms with Crippen LogP contribution in [0.2, 0.25) is 0 Å². The molecule has 2 saturated heterocycles. The molecule has 2 heterocycles. The minimum absolute atomic E-state index is 0.0305. The van der Waals surface area contributed by atoms with Crippen molar-refractivity contribution < 1.29 is 24.2 Å². The maximum Gasteiger partial charge on any atom is 0.317 e. The van der Waals surface area contributed by atoms with E-state index in [9.17, 15) is 14.4 Å². The average Bonchev–Trinajstić information content (AvgIpc) is 3.33. The number of hydrogen-bond acceptors (Lipinski definition) is 6. The highest BCUT2D eigenvalue weighted by Crippen LogP contribution is 2.47. The zero-order chi connectivity index (χ0) is 21.9. The van der Waals surface area contributed by atoms with Gasteiger partial charge in [0.2, 0.25) is 12.3 Å². The molecular weight excluding hydrogens is 400 g/mol. The average molecular weight is 437 g/mol. The number of hydrogen-bond donors (Lipinski definition) is 3. The van der Waals surface area contributed by atoms with Crippen LogP contribution in [0, 0.1) is 5.92 Å². The fourth-order valence-electron chi connectivity index (χ4n) is 6.12. The smallest absolute Gasteiger partial charge is 0.317 e. The number of carboxylic acids is 1. The molecule has 3 unspecified atom stereocenters. The van der Waals surface area contributed by atoms with Crippen LogP contribution in [0.5, 0.6) is 0 Å². The molecule has 2 aliphatic heterocycles. The van der Waals surface area contributed by atoms with Crippen molar-refractivity contribution in [2.24, 2.45) is 5.92 Å². The summed E-state index contributed by atoms with van der Waals surface area (Å²) in [5, 5.41) is 15.0. The van der Waals surface area contributed by atoms with Gasteiger partial charge in [0.1, 0.15) is 6.04 Å². The van der Waals surface area contributed by atoms with Gasteiger partial charge in [0.25, 0.3) is 0 Å². The summed E-state index contributed by atoms with van der Waals surface area (Å²) < 4.78 is 6.18. The van der Waals surface area contributed by atoms with Crippen molar-refractivity contribution in [3.05, 3.63) is 0 Å². The largest absolute Gasteiger partial charge is 0.480 e. The lowest BCUT2D eigenvalue weighted by Crippen LogP contribution is -2.57. The topological polar surface area (TPSA) is 111 Å². The molecule has 3 N–H and O–H groups in total. The van der Waals surface area contributed by atoms with Crippen molar-refractivity contribution in [2.45, 2.75) is 68.5 Å². The molecule has 0 radical (unpaired) electrons. The first kappa shape index (κ1) is 22.5. The minimum atomic E-state index is -0.838. The molecule has 174 valence electrons. The second kappa shape index (κ2) is 9.42. The van der Waals surface area contributed by atoms with Crippen molar-refractivity contribution in [2.75, 3.05) is 45.9 Å². The van der Waals surface area contributed by atoms with Crippen LogP contribution in [0.4, 0.5) is 0 Å². The van der Waals surface area contributed by atoms with E-state index in [2.05, 4.69) is 15.5 Å². The van der Waals surface area contributed by atoms with Crippen LogP contribution in [-0.4, -0.2) is 96.3 Å². The van der Waals surface area contributed by atoms with E-state index in [0.717, 1.165) is 64.6 Å². The van der Waals surface area contributed by atoms with Crippen LogP contribution < -0.4 is 10.6 Å². The Morgan fingerprint density at radius 2 is 1.87 bits per heavy atom. The van der Waals surface area contributed by atoms with Gasteiger partial charge in [-0.25, -0.2) is 0 Å². The van der Waals surface area contributed by atoms with Gasteiger partial charge in [-0.15, -0.1) is 0 Å². The molecule has 0 aromatic carbocycles. The maximum absolute atomic E-state index is 13.1. The van der Waals surface area contributed by atoms with Gasteiger partial charge in [0, 0.05) is 38.3 Å². The van der Waals surface area contributed by atoms with Gasteiger partial charge in [-0.05, 0) is 38.0 Å². The molecule has 2 bridgehead atoms. The lowest BCUT2D eigenvalue weighted by Gasteiger charge is -2.41. The van der Waals surface area contributed by atoms with Gasteiger partial charge in [0.05, 0.1) is 18.8 Å². The van der Waals surface area contributed by atoms with Crippen LogP contribution >= 0.6 is 0 Å². The van der Waals surface area contributed by atoms with E-state index in [-0.39, 0.29) is 29.5 Å². The highest BCUT2D eigenvalue weighted by molar-refractivity contribution is 5.84. The third-order valence-electron chi connectivity index (χ3n) is 7.82. The zero-order valence-corrected chi connectivity index (χ0v) is 18.3. The van der Waals surface area contributed by atoms with E-state index in [1.165, 1.54) is 6.42 Å². The number of piperazine rings is 1. The molecule has 0 aromatic heterocycles. The number of fused-ring (bicyclic) bond motifs is 2. The van der Waals surface area contributed by atoms with Gasteiger partial charge in [-0.3, -0.25) is 24.6 Å². The predicted octanol–water partition coefficient (Wildman–Crippen LogP) is 0.191. The van der Waals surface area contributed by atoms with Gasteiger partial charge in [-0.2, -0.15) is 0 Å². The van der Waals surface area contributed by atoms with Crippen LogP contribution in [-0.2, 0) is 19.1 Å². The molecule has 9 heteroatoms. The second-order valence-electron chi connectivity index (χ2n) is 9.94. The molecule has 0 aromatic rings. The molecule has 2 aliphatic carbocycles. The number of nitrogens with one attached hydrogen (secondary N) is 2. The molecule has 2 saturated carbocycles. The molecule has 9 nitrogen and oxygen atoms in total. The van der Waals surface area contributed by atoms with Gasteiger partial charge < -0.3 is 20.1 Å². The molecule has 0 spiro atoms. The van der Waals surface area contributed by atoms with Gasteiger partial charge in [0.15, 0.2) is 0 Å². The minimum Gasteiger partial charge on any atom is -0.480 e. The Kier molecular flexibility index (Phi) is 6.83. The summed E-state index contributed by atoms with van der Waals surface area (Å²) >= 11 is 0. The predicted molar refractivity (Wildman–Crippen MR) is 113 cm³/mol. The number of carbonyl (C=O) groups excluding carboxylic acids is 2. The summed E-state index contributed by atoms with van der Waals surface area (Å²) in [6, 6.07) is -0.392. The Morgan fingerprint density at radius 1 is 1.13 bits per heavy atom. The summed E-state index contributed by atoms with van der Waals surface area (Å²) in [6.45, 7) is 4.29. The van der Waals surface area contributed by atoms with E-state index in [0.29, 0.717) is 26.1 Å². The molecule has 4 fully saturated rings. The lowest BCUT2D eigenvalue weighted by atomic mass is 9.83. The fraction of sp³-hybridized carbons (Fsp3) is 0.864. The van der Waals surface area contributed by atoms with Crippen molar-refractivity contribution in [1.82, 2.24) is 20.4 Å². The Labute approximate surface area is 183 Å². The van der Waals surface area contributed by atoms with E-state index >= 15 is 0 Å². The fourth-order valence-corrected chi connectivity index (χ4v) is 6.12. The van der Waals surface area contributed by atoms with Crippen LogP contribution in [0.1, 0.15) is 51.4 Å². The van der Waals surface area contributed by atoms with Crippen molar-refractivity contribution in [3.63, 3.8) is 0 Å². The van der Waals surface area contributed by atoms with Gasteiger partial charge >= 0.3 is 5.97 Å². The number of ether oxygens (including phenoxy) is 1. The standard InChI is InChI=1S/C22H36N4O5/c27-16-23-19(17-4-2-1-3-5-17)20(30)26-10-8-25(9-11-26)14-22-7-6-21(13-22,15-31-22)24-12-18(28)29/h16-17,19,24H,1-15H2,(H,23,27)(H,28,29). The quantitative estimate of drug-likeness (QED) is 0.443. The summed E-state index contributed by atoms with van der Waals surface area (Å²) in [6.07, 6.45) is 8.90. The summed E-state index contributed by atoms with van der Waals surface area (Å²) in [7, 11) is 0. The first-order chi connectivity index (χ1) is 14.9. The van der Waals surface area contributed by atoms with Crippen LogP contribution in [0.3, 0.4) is 0 Å². The van der Waals surface area contributed by atoms with E-state index in [1.807, 2.05) is 4.90 Å². The number of rotatable bonds is 9. The Hall–Kier alpha value is -1.71. The number of carbonyl (C=O) groups is 3. The first-order valence-corrected chi connectivity index (χ1v) is 11.8. The SMILES string of the molecule is O=CNC(C(=O)N1CCN(CC23CCC(NCC(=O)O)(CO2)C3)CC1)C1CCCCC1. The van der Waals surface area contributed by atoms with Gasteiger partial charge in [-0.1, -0.05) is 19.3 Å². The highest BCUT2D eigenvalue weighted by atomic mass is 16.5. The van der Waals surface area contributed by atoms with E-state index in [1.54, 1.807) is 0 Å². The van der Waals surface area contributed by atoms with Crippen molar-refractivity contribution in [1.29, 1.82) is 0 Å². The highest BCUT2D eigenvalue weighted by Gasteiger charge is 2.56. The van der Waals surface area contributed by atoms with E-state index in [4.69, 9.17) is 9.84 Å². The molecular formula is C22H36N4O5. The monoisotopic (exact) mass is 436 g/mol. The van der Waals surface area contributed by atoms with E-state index < -0.39 is 12.0 Å². The number of nitrogens with zero attached hydrogens (tertiary/aromatic N) is 2. The maximum atomic E-state index is 13.1. The summed E-state index contributed by atoms with van der Waals surface area (Å²) in [5.41, 5.74) is -0.411. The number of amides is 2. The van der Waals surface area contributed by atoms with Crippen molar-refractivity contribution >= 4 is 18.3 Å². The summed E-state index contributed by atoms with van der Waals surface area (Å²) in [5.74, 6) is -0.526. The van der Waals surface area contributed by atoms with Crippen LogP contribution in [0.25, 0.3) is 0 Å². The molecule has 3 atom stereocenters. The number of aliphatic carboxylic acids is 1.